The van der Waals surface area contributed by atoms with Crippen molar-refractivity contribution in [2.45, 2.75) is 6.54 Å². The Morgan fingerprint density at radius 2 is 2.19 bits per heavy atom. The molecule has 2 aromatic heterocycles. The molecule has 5 heteroatoms. The number of fused-ring (bicyclic) bond motifs is 1. The van der Waals surface area contributed by atoms with Gasteiger partial charge in [-0.3, -0.25) is 4.79 Å². The van der Waals surface area contributed by atoms with Crippen molar-refractivity contribution < 1.29 is 4.79 Å². The van der Waals surface area contributed by atoms with Gasteiger partial charge in [-0.15, -0.1) is 0 Å². The van der Waals surface area contributed by atoms with Gasteiger partial charge in [-0.1, -0.05) is 6.07 Å². The number of benzene rings is 1. The van der Waals surface area contributed by atoms with Crippen LogP contribution < -0.4 is 10.6 Å². The summed E-state index contributed by atoms with van der Waals surface area (Å²) < 4.78 is 0. The fourth-order valence-electron chi connectivity index (χ4n) is 2.28. The van der Waals surface area contributed by atoms with Gasteiger partial charge < -0.3 is 15.6 Å². The number of hydrogen-bond acceptors (Lipinski definition) is 3. The number of H-pyrrole nitrogens is 1. The highest BCUT2D eigenvalue weighted by Crippen LogP contribution is 2.17. The van der Waals surface area contributed by atoms with Crippen molar-refractivity contribution >= 4 is 22.6 Å². The number of anilines is 1. The zero-order valence-corrected chi connectivity index (χ0v) is 11.7. The van der Waals surface area contributed by atoms with Gasteiger partial charge in [0.15, 0.2) is 0 Å². The molecule has 0 spiro atoms. The van der Waals surface area contributed by atoms with Crippen molar-refractivity contribution in [3.05, 3.63) is 59.9 Å². The van der Waals surface area contributed by atoms with E-state index in [1.54, 1.807) is 19.3 Å². The van der Waals surface area contributed by atoms with Gasteiger partial charge in [0.25, 0.3) is 5.91 Å². The van der Waals surface area contributed by atoms with Crippen LogP contribution in [0.25, 0.3) is 11.0 Å². The number of nitrogens with one attached hydrogen (secondary N) is 3. The van der Waals surface area contributed by atoms with Crippen molar-refractivity contribution in [2.75, 3.05) is 12.4 Å². The molecule has 0 saturated heterocycles. The highest BCUT2D eigenvalue weighted by molar-refractivity contribution is 5.94. The summed E-state index contributed by atoms with van der Waals surface area (Å²) in [4.78, 5) is 19.0. The minimum absolute atomic E-state index is 0.0874. The van der Waals surface area contributed by atoms with Crippen LogP contribution in [0.5, 0.6) is 0 Å². The number of carbonyl (C=O) groups excluding carboxylic acids is 1. The summed E-state index contributed by atoms with van der Waals surface area (Å²) in [7, 11) is 1.63. The molecular weight excluding hydrogens is 264 g/mol. The molecule has 0 bridgehead atoms. The molecule has 0 fully saturated rings. The molecule has 0 aliphatic carbocycles. The van der Waals surface area contributed by atoms with Crippen LogP contribution in [0, 0.1) is 0 Å². The largest absolute Gasteiger partial charge is 0.381 e. The molecule has 0 unspecified atom stereocenters. The lowest BCUT2D eigenvalue weighted by Gasteiger charge is -2.09. The van der Waals surface area contributed by atoms with E-state index in [4.69, 9.17) is 0 Å². The lowest BCUT2D eigenvalue weighted by atomic mass is 10.1. The van der Waals surface area contributed by atoms with Crippen LogP contribution in [0.4, 0.5) is 5.69 Å². The maximum absolute atomic E-state index is 11.6. The van der Waals surface area contributed by atoms with Crippen molar-refractivity contribution in [1.29, 1.82) is 0 Å². The number of aromatic nitrogens is 2. The quantitative estimate of drug-likeness (QED) is 0.688. The summed E-state index contributed by atoms with van der Waals surface area (Å²) in [6, 6.07) is 11.5. The van der Waals surface area contributed by atoms with Gasteiger partial charge in [0.2, 0.25) is 0 Å². The van der Waals surface area contributed by atoms with Crippen LogP contribution >= 0.6 is 0 Å². The molecule has 0 atom stereocenters. The van der Waals surface area contributed by atoms with Gasteiger partial charge in [-0.05, 0) is 35.9 Å². The van der Waals surface area contributed by atoms with Crippen molar-refractivity contribution in [1.82, 2.24) is 15.3 Å². The predicted octanol–water partition coefficient (Wildman–Crippen LogP) is 2.53. The van der Waals surface area contributed by atoms with Crippen molar-refractivity contribution in [3.63, 3.8) is 0 Å². The fraction of sp³-hybridized carbons (Fsp3) is 0.125. The second kappa shape index (κ2) is 5.66. The van der Waals surface area contributed by atoms with Gasteiger partial charge in [-0.2, -0.15) is 0 Å². The van der Waals surface area contributed by atoms with E-state index >= 15 is 0 Å². The molecule has 5 nitrogen and oxygen atoms in total. The Kier molecular flexibility index (Phi) is 3.55. The third-order valence-corrected chi connectivity index (χ3v) is 3.39. The highest BCUT2D eigenvalue weighted by atomic mass is 16.1. The molecule has 3 rings (SSSR count). The summed E-state index contributed by atoms with van der Waals surface area (Å²) in [6.07, 6.45) is 3.67. The summed E-state index contributed by atoms with van der Waals surface area (Å²) in [6.45, 7) is 0.675. The highest BCUT2D eigenvalue weighted by Gasteiger charge is 2.05. The average Bonchev–Trinajstić information content (AvgIpc) is 3.01. The third kappa shape index (κ3) is 2.72. The van der Waals surface area contributed by atoms with E-state index in [1.807, 2.05) is 36.5 Å². The van der Waals surface area contributed by atoms with Crippen molar-refractivity contribution in [3.8, 4) is 0 Å². The fourth-order valence-corrected chi connectivity index (χ4v) is 2.28. The van der Waals surface area contributed by atoms with Gasteiger partial charge in [0, 0.05) is 42.6 Å². The zero-order valence-electron chi connectivity index (χ0n) is 11.7. The Morgan fingerprint density at radius 3 is 3.05 bits per heavy atom. The van der Waals surface area contributed by atoms with Crippen LogP contribution in [0.15, 0.2) is 48.8 Å². The van der Waals surface area contributed by atoms with Gasteiger partial charge >= 0.3 is 0 Å². The lowest BCUT2D eigenvalue weighted by molar-refractivity contribution is 0.0963. The first-order chi connectivity index (χ1) is 10.3. The number of hydrogen-bond donors (Lipinski definition) is 3. The molecule has 0 radical (unpaired) electrons. The first-order valence-electron chi connectivity index (χ1n) is 6.75. The molecule has 3 N–H and O–H groups in total. The van der Waals surface area contributed by atoms with Crippen LogP contribution in [0.2, 0.25) is 0 Å². The SMILES string of the molecule is CNC(=O)c1cccc(NCc2ccnc3[nH]ccc23)c1. The number of rotatable bonds is 4. The topological polar surface area (TPSA) is 69.8 Å². The van der Waals surface area contributed by atoms with Gasteiger partial charge in [0.1, 0.15) is 5.65 Å². The van der Waals surface area contributed by atoms with Crippen LogP contribution in [0.3, 0.4) is 0 Å². The normalized spacial score (nSPS) is 10.5. The van der Waals surface area contributed by atoms with Gasteiger partial charge in [0.05, 0.1) is 0 Å². The van der Waals surface area contributed by atoms with Crippen LogP contribution in [-0.2, 0) is 6.54 Å². The Labute approximate surface area is 122 Å². The minimum atomic E-state index is -0.0874. The summed E-state index contributed by atoms with van der Waals surface area (Å²) in [5, 5.41) is 7.07. The maximum Gasteiger partial charge on any atom is 0.251 e. The van der Waals surface area contributed by atoms with E-state index in [2.05, 4.69) is 20.6 Å². The molecule has 0 aliphatic rings. The van der Waals surface area contributed by atoms with E-state index < -0.39 is 0 Å². The molecule has 106 valence electrons. The number of nitrogens with zero attached hydrogens (tertiary/aromatic N) is 1. The summed E-state index contributed by atoms with van der Waals surface area (Å²) in [5.74, 6) is -0.0874. The van der Waals surface area contributed by atoms with Crippen LogP contribution in [0.1, 0.15) is 15.9 Å². The molecule has 0 saturated carbocycles. The number of amides is 1. The van der Waals surface area contributed by atoms with E-state index in [1.165, 1.54) is 0 Å². The zero-order chi connectivity index (χ0) is 14.7. The second-order valence-electron chi connectivity index (χ2n) is 4.72. The molecule has 21 heavy (non-hydrogen) atoms. The first kappa shape index (κ1) is 13.2. The lowest BCUT2D eigenvalue weighted by Crippen LogP contribution is -2.17. The standard InChI is InChI=1S/C16H16N4O/c1-17-16(21)11-3-2-4-13(9-11)20-10-12-5-7-18-15-14(12)6-8-19-15/h2-9,20H,10H2,1H3,(H,17,21)(H,18,19). The van der Waals surface area contributed by atoms with E-state index in [-0.39, 0.29) is 5.91 Å². The molecule has 0 aliphatic heterocycles. The minimum Gasteiger partial charge on any atom is -0.381 e. The van der Waals surface area contributed by atoms with E-state index in [0.29, 0.717) is 12.1 Å². The van der Waals surface area contributed by atoms with E-state index in [0.717, 1.165) is 22.3 Å². The summed E-state index contributed by atoms with van der Waals surface area (Å²) >= 11 is 0. The molecule has 3 aromatic rings. The smallest absolute Gasteiger partial charge is 0.251 e. The number of carbonyl (C=O) groups is 1. The second-order valence-corrected chi connectivity index (χ2v) is 4.72. The summed E-state index contributed by atoms with van der Waals surface area (Å²) in [5.41, 5.74) is 3.60. The monoisotopic (exact) mass is 280 g/mol. The first-order valence-corrected chi connectivity index (χ1v) is 6.75. The Bertz CT molecular complexity index is 779. The molecule has 1 amide bonds. The maximum atomic E-state index is 11.6. The van der Waals surface area contributed by atoms with Gasteiger partial charge in [-0.25, -0.2) is 4.98 Å². The molecule has 2 heterocycles. The predicted molar refractivity (Wildman–Crippen MR) is 83.3 cm³/mol. The Hall–Kier alpha value is -2.82. The molecule has 1 aromatic carbocycles. The van der Waals surface area contributed by atoms with Crippen LogP contribution in [-0.4, -0.2) is 22.9 Å². The third-order valence-electron chi connectivity index (χ3n) is 3.39. The molecular formula is C16H16N4O. The number of pyridine rings is 1. The average molecular weight is 280 g/mol. The van der Waals surface area contributed by atoms with Crippen molar-refractivity contribution in [2.24, 2.45) is 0 Å². The van der Waals surface area contributed by atoms with E-state index in [9.17, 15) is 4.79 Å². The Morgan fingerprint density at radius 1 is 1.29 bits per heavy atom. The number of aromatic amines is 1. The Balaban J connectivity index is 1.79.